The molecule has 0 amide bonds. The molecule has 16 heavy (non-hydrogen) atoms. The van der Waals surface area contributed by atoms with Gasteiger partial charge in [-0.15, -0.1) is 0 Å². The van der Waals surface area contributed by atoms with Gasteiger partial charge in [0.15, 0.2) is 0 Å². The zero-order valence-electron chi connectivity index (χ0n) is 10.3. The van der Waals surface area contributed by atoms with Crippen molar-refractivity contribution >= 4 is 5.95 Å². The van der Waals surface area contributed by atoms with Crippen molar-refractivity contribution in [2.45, 2.75) is 31.6 Å². The Morgan fingerprint density at radius 2 is 2.31 bits per heavy atom. The molecule has 5 heteroatoms. The van der Waals surface area contributed by atoms with E-state index >= 15 is 0 Å². The first-order valence-corrected chi connectivity index (χ1v) is 5.90. The van der Waals surface area contributed by atoms with E-state index in [0.29, 0.717) is 5.95 Å². The van der Waals surface area contributed by atoms with Gasteiger partial charge in [-0.05, 0) is 24.5 Å². The minimum Gasteiger partial charge on any atom is -0.344 e. The predicted octanol–water partition coefficient (Wildman–Crippen LogP) is 1.17. The Kier molecular flexibility index (Phi) is 3.14. The Morgan fingerprint density at radius 3 is 2.81 bits per heavy atom. The molecule has 90 valence electrons. The molecule has 1 aromatic rings. The number of rotatable bonds is 4. The van der Waals surface area contributed by atoms with Gasteiger partial charge >= 0.3 is 0 Å². The van der Waals surface area contributed by atoms with E-state index < -0.39 is 0 Å². The van der Waals surface area contributed by atoms with Crippen molar-refractivity contribution in [1.82, 2.24) is 15.5 Å². The fourth-order valence-corrected chi connectivity index (χ4v) is 2.34. The molecular weight excluding hydrogens is 204 g/mol. The van der Waals surface area contributed by atoms with Crippen molar-refractivity contribution in [3.8, 4) is 0 Å². The van der Waals surface area contributed by atoms with Crippen LogP contribution in [0.4, 0.5) is 5.95 Å². The van der Waals surface area contributed by atoms with Gasteiger partial charge in [0.05, 0.1) is 5.41 Å². The van der Waals surface area contributed by atoms with E-state index in [-0.39, 0.29) is 5.41 Å². The molecule has 1 N–H and O–H groups in total. The van der Waals surface area contributed by atoms with Gasteiger partial charge < -0.3 is 14.7 Å². The number of aromatic nitrogens is 2. The van der Waals surface area contributed by atoms with Gasteiger partial charge in [0.2, 0.25) is 5.89 Å². The third-order valence-corrected chi connectivity index (χ3v) is 3.24. The lowest BCUT2D eigenvalue weighted by Gasteiger charge is -2.22. The maximum atomic E-state index is 5.42. The summed E-state index contributed by atoms with van der Waals surface area (Å²) in [7, 11) is 3.85. The smallest absolute Gasteiger partial charge is 0.265 e. The third-order valence-electron chi connectivity index (χ3n) is 3.24. The van der Waals surface area contributed by atoms with Gasteiger partial charge in [-0.2, -0.15) is 4.98 Å². The zero-order chi connectivity index (χ0) is 11.6. The van der Waals surface area contributed by atoms with Gasteiger partial charge in [-0.25, -0.2) is 0 Å². The van der Waals surface area contributed by atoms with Crippen LogP contribution in [0.1, 0.15) is 32.1 Å². The van der Waals surface area contributed by atoms with Crippen LogP contribution in [0.25, 0.3) is 0 Å². The summed E-state index contributed by atoms with van der Waals surface area (Å²) in [5.74, 6) is 1.46. The summed E-state index contributed by atoms with van der Waals surface area (Å²) in [6.45, 7) is 4.19. The van der Waals surface area contributed by atoms with Crippen LogP contribution in [0.3, 0.4) is 0 Å². The highest BCUT2D eigenvalue weighted by atomic mass is 16.5. The lowest BCUT2D eigenvalue weighted by atomic mass is 9.82. The van der Waals surface area contributed by atoms with Crippen LogP contribution in [0.2, 0.25) is 0 Å². The number of anilines is 1. The van der Waals surface area contributed by atoms with Gasteiger partial charge in [-0.3, -0.25) is 0 Å². The fourth-order valence-electron chi connectivity index (χ4n) is 2.34. The van der Waals surface area contributed by atoms with E-state index in [0.717, 1.165) is 38.2 Å². The van der Waals surface area contributed by atoms with Gasteiger partial charge in [0, 0.05) is 20.6 Å². The van der Waals surface area contributed by atoms with E-state index in [2.05, 4.69) is 22.4 Å². The second kappa shape index (κ2) is 4.41. The van der Waals surface area contributed by atoms with Crippen LogP contribution < -0.4 is 10.2 Å². The normalized spacial score (nSPS) is 24.9. The first-order chi connectivity index (χ1) is 7.68. The van der Waals surface area contributed by atoms with Crippen LogP contribution in [0, 0.1) is 0 Å². The predicted molar refractivity (Wildman–Crippen MR) is 62.7 cm³/mol. The average Bonchev–Trinajstić information content (AvgIpc) is 2.85. The third kappa shape index (κ3) is 1.91. The standard InChI is InChI=1S/C11H20N4O/c1-4-5-11(6-7-12-8-11)9-13-10(14-16-9)15(2)3/h12H,4-8H2,1-3H3. The van der Waals surface area contributed by atoms with E-state index in [1.165, 1.54) is 0 Å². The Morgan fingerprint density at radius 1 is 1.50 bits per heavy atom. The quantitative estimate of drug-likeness (QED) is 0.832. The van der Waals surface area contributed by atoms with Gasteiger partial charge in [0.1, 0.15) is 0 Å². The minimum absolute atomic E-state index is 0.0655. The fraction of sp³-hybridized carbons (Fsp3) is 0.818. The Hall–Kier alpha value is -1.10. The number of nitrogens with zero attached hydrogens (tertiary/aromatic N) is 3. The maximum Gasteiger partial charge on any atom is 0.265 e. The minimum atomic E-state index is 0.0655. The highest BCUT2D eigenvalue weighted by molar-refractivity contribution is 5.26. The molecule has 0 radical (unpaired) electrons. The molecule has 1 aromatic heterocycles. The molecule has 1 atom stereocenters. The van der Waals surface area contributed by atoms with Crippen molar-refractivity contribution in [1.29, 1.82) is 0 Å². The van der Waals surface area contributed by atoms with Crippen molar-refractivity contribution in [3.05, 3.63) is 5.89 Å². The summed E-state index contributed by atoms with van der Waals surface area (Å²) < 4.78 is 5.42. The largest absolute Gasteiger partial charge is 0.344 e. The molecule has 2 rings (SSSR count). The molecule has 0 saturated carbocycles. The van der Waals surface area contributed by atoms with E-state index in [4.69, 9.17) is 4.52 Å². The molecule has 1 unspecified atom stereocenters. The molecule has 0 aliphatic carbocycles. The molecule has 1 saturated heterocycles. The molecular formula is C11H20N4O. The maximum absolute atomic E-state index is 5.42. The first-order valence-electron chi connectivity index (χ1n) is 5.90. The van der Waals surface area contributed by atoms with Crippen LogP contribution in [-0.2, 0) is 5.41 Å². The van der Waals surface area contributed by atoms with E-state index in [9.17, 15) is 0 Å². The molecule has 0 bridgehead atoms. The van der Waals surface area contributed by atoms with Crippen LogP contribution in [0.15, 0.2) is 4.52 Å². The lowest BCUT2D eigenvalue weighted by Crippen LogP contribution is -2.29. The first kappa shape index (κ1) is 11.4. The lowest BCUT2D eigenvalue weighted by molar-refractivity contribution is 0.277. The summed E-state index contributed by atoms with van der Waals surface area (Å²) in [6, 6.07) is 0. The zero-order valence-corrected chi connectivity index (χ0v) is 10.3. The van der Waals surface area contributed by atoms with E-state index in [1.807, 2.05) is 19.0 Å². The number of nitrogens with one attached hydrogen (secondary N) is 1. The Balaban J connectivity index is 2.24. The Bertz CT molecular complexity index is 342. The summed E-state index contributed by atoms with van der Waals surface area (Å²) in [6.07, 6.45) is 3.34. The molecule has 5 nitrogen and oxygen atoms in total. The number of hydrogen-bond donors (Lipinski definition) is 1. The van der Waals surface area contributed by atoms with Crippen molar-refractivity contribution in [2.24, 2.45) is 0 Å². The topological polar surface area (TPSA) is 54.2 Å². The monoisotopic (exact) mass is 224 g/mol. The highest BCUT2D eigenvalue weighted by Gasteiger charge is 2.40. The highest BCUT2D eigenvalue weighted by Crippen LogP contribution is 2.34. The summed E-state index contributed by atoms with van der Waals surface area (Å²) >= 11 is 0. The van der Waals surface area contributed by atoms with Crippen molar-refractivity contribution in [2.75, 3.05) is 32.1 Å². The number of hydrogen-bond acceptors (Lipinski definition) is 5. The van der Waals surface area contributed by atoms with Crippen molar-refractivity contribution < 1.29 is 4.52 Å². The van der Waals surface area contributed by atoms with Gasteiger partial charge in [0.25, 0.3) is 5.95 Å². The van der Waals surface area contributed by atoms with E-state index in [1.54, 1.807) is 0 Å². The SMILES string of the molecule is CCCC1(c2nc(N(C)C)no2)CCNC1. The van der Waals surface area contributed by atoms with Crippen molar-refractivity contribution in [3.63, 3.8) is 0 Å². The molecule has 0 spiro atoms. The molecule has 1 aliphatic heterocycles. The van der Waals surface area contributed by atoms with Crippen LogP contribution in [-0.4, -0.2) is 37.3 Å². The molecule has 0 aromatic carbocycles. The second-order valence-electron chi connectivity index (χ2n) is 4.75. The Labute approximate surface area is 96.2 Å². The van der Waals surface area contributed by atoms with Crippen LogP contribution in [0.5, 0.6) is 0 Å². The summed E-state index contributed by atoms with van der Waals surface area (Å²) in [5, 5.41) is 7.39. The molecule has 1 fully saturated rings. The molecule has 1 aliphatic rings. The molecule has 2 heterocycles. The van der Waals surface area contributed by atoms with Gasteiger partial charge in [-0.1, -0.05) is 13.3 Å². The summed E-state index contributed by atoms with van der Waals surface area (Å²) in [5.41, 5.74) is 0.0655. The second-order valence-corrected chi connectivity index (χ2v) is 4.75. The average molecular weight is 224 g/mol. The summed E-state index contributed by atoms with van der Waals surface area (Å²) in [4.78, 5) is 6.36. The van der Waals surface area contributed by atoms with Crippen LogP contribution >= 0.6 is 0 Å².